The van der Waals surface area contributed by atoms with Crippen LogP contribution in [-0.2, 0) is 26.1 Å². The summed E-state index contributed by atoms with van der Waals surface area (Å²) in [5.41, 5.74) is 1.92. The van der Waals surface area contributed by atoms with E-state index in [-0.39, 0.29) is 22.5 Å². The van der Waals surface area contributed by atoms with Crippen molar-refractivity contribution in [1.82, 2.24) is 0 Å². The molecule has 0 saturated heterocycles. The Morgan fingerprint density at radius 1 is 1.12 bits per heavy atom. The van der Waals surface area contributed by atoms with Crippen LogP contribution in [0.15, 0.2) is 47.4 Å². The van der Waals surface area contributed by atoms with E-state index in [1.54, 1.807) is 18.2 Å². The lowest BCUT2D eigenvalue weighted by Gasteiger charge is -2.17. The first-order valence-electron chi connectivity index (χ1n) is 7.58. The Kier molecular flexibility index (Phi) is 4.45. The number of hydrogen-bond donors (Lipinski definition) is 2. The van der Waals surface area contributed by atoms with Gasteiger partial charge in [-0.25, -0.2) is 0 Å². The van der Waals surface area contributed by atoms with E-state index >= 15 is 0 Å². The molecule has 1 aliphatic heterocycles. The Hall–Kier alpha value is -2.87. The van der Waals surface area contributed by atoms with Crippen LogP contribution in [0.25, 0.3) is 0 Å². The maximum absolute atomic E-state index is 12.4. The second kappa shape index (κ2) is 6.56. The Bertz CT molecular complexity index is 936. The molecule has 8 heteroatoms. The highest BCUT2D eigenvalue weighted by Gasteiger charge is 2.21. The van der Waals surface area contributed by atoms with E-state index in [0.717, 1.165) is 5.56 Å². The van der Waals surface area contributed by atoms with Crippen molar-refractivity contribution in [3.63, 3.8) is 0 Å². The summed E-state index contributed by atoms with van der Waals surface area (Å²) in [6.45, 7) is 1.38. The molecule has 2 amide bonds. The maximum atomic E-state index is 12.4. The van der Waals surface area contributed by atoms with Crippen molar-refractivity contribution >= 4 is 33.3 Å². The van der Waals surface area contributed by atoms with Gasteiger partial charge in [0, 0.05) is 24.7 Å². The quantitative estimate of drug-likeness (QED) is 0.815. The van der Waals surface area contributed by atoms with Gasteiger partial charge in [-0.3, -0.25) is 9.59 Å². The number of carbonyl (C=O) groups excluding carboxylic acids is 2. The van der Waals surface area contributed by atoms with Gasteiger partial charge in [0.15, 0.2) is 0 Å². The van der Waals surface area contributed by atoms with Gasteiger partial charge in [-0.05, 0) is 54.4 Å². The van der Waals surface area contributed by atoms with E-state index in [1.165, 1.54) is 31.2 Å². The highest BCUT2D eigenvalue weighted by Crippen LogP contribution is 2.27. The first kappa shape index (κ1) is 17.0. The van der Waals surface area contributed by atoms with Crippen LogP contribution in [0, 0.1) is 0 Å². The fraction of sp³-hybridized carbons (Fsp3) is 0.176. The average molecular weight is 360 g/mol. The Labute approximate surface area is 145 Å². The molecular formula is C17H16N2O5S. The Balaban J connectivity index is 1.80. The van der Waals surface area contributed by atoms with E-state index in [1.807, 2.05) is 0 Å². The van der Waals surface area contributed by atoms with Gasteiger partial charge in [-0.2, -0.15) is 8.42 Å². The van der Waals surface area contributed by atoms with Crippen molar-refractivity contribution in [2.75, 3.05) is 10.6 Å². The van der Waals surface area contributed by atoms with Crippen molar-refractivity contribution < 1.29 is 22.2 Å². The largest absolute Gasteiger partial charge is 0.379 e. The van der Waals surface area contributed by atoms with Gasteiger partial charge in [0.05, 0.1) is 0 Å². The van der Waals surface area contributed by atoms with Crippen molar-refractivity contribution in [3.05, 3.63) is 48.0 Å². The van der Waals surface area contributed by atoms with E-state index in [9.17, 15) is 18.0 Å². The molecule has 0 saturated carbocycles. The average Bonchev–Trinajstić information content (AvgIpc) is 2.55. The minimum Gasteiger partial charge on any atom is -0.379 e. The summed E-state index contributed by atoms with van der Waals surface area (Å²) < 4.78 is 30.0. The minimum atomic E-state index is -4.00. The number of fused-ring (bicyclic) bond motifs is 1. The van der Waals surface area contributed by atoms with Crippen molar-refractivity contribution in [2.24, 2.45) is 0 Å². The third-order valence-electron chi connectivity index (χ3n) is 3.64. The molecule has 0 atom stereocenters. The number of aryl methyl sites for hydroxylation is 1. The van der Waals surface area contributed by atoms with Gasteiger partial charge < -0.3 is 14.8 Å². The van der Waals surface area contributed by atoms with Crippen LogP contribution >= 0.6 is 0 Å². The summed E-state index contributed by atoms with van der Waals surface area (Å²) in [5.74, 6) is -0.166. The summed E-state index contributed by atoms with van der Waals surface area (Å²) in [6, 6.07) is 10.5. The van der Waals surface area contributed by atoms with Crippen LogP contribution < -0.4 is 14.8 Å². The summed E-state index contributed by atoms with van der Waals surface area (Å²) in [7, 11) is -4.00. The fourth-order valence-electron chi connectivity index (χ4n) is 2.49. The Morgan fingerprint density at radius 3 is 2.52 bits per heavy atom. The number of hydrogen-bond acceptors (Lipinski definition) is 5. The van der Waals surface area contributed by atoms with Crippen molar-refractivity contribution in [1.29, 1.82) is 0 Å². The molecule has 0 aliphatic carbocycles. The number of anilines is 2. The predicted molar refractivity (Wildman–Crippen MR) is 92.0 cm³/mol. The lowest BCUT2D eigenvalue weighted by atomic mass is 10.0. The van der Waals surface area contributed by atoms with E-state index in [4.69, 9.17) is 4.18 Å². The standard InChI is InChI=1S/C17H16N2O5S/c1-11(20)18-13-3-5-14(6-4-13)24-25(22,23)15-7-8-16-12(10-15)2-9-17(21)19-16/h3-8,10H,2,9H2,1H3,(H,18,20)(H,19,21). The zero-order valence-electron chi connectivity index (χ0n) is 13.4. The van der Waals surface area contributed by atoms with Gasteiger partial charge in [0.25, 0.3) is 0 Å². The van der Waals surface area contributed by atoms with Crippen molar-refractivity contribution in [3.8, 4) is 5.75 Å². The summed E-state index contributed by atoms with van der Waals surface area (Å²) in [4.78, 5) is 22.4. The van der Waals surface area contributed by atoms with Gasteiger partial charge in [-0.15, -0.1) is 0 Å². The zero-order valence-corrected chi connectivity index (χ0v) is 14.2. The van der Waals surface area contributed by atoms with E-state index < -0.39 is 10.1 Å². The minimum absolute atomic E-state index is 0.0216. The first-order chi connectivity index (χ1) is 11.8. The highest BCUT2D eigenvalue weighted by atomic mass is 32.2. The smallest absolute Gasteiger partial charge is 0.339 e. The summed E-state index contributed by atoms with van der Waals surface area (Å²) >= 11 is 0. The van der Waals surface area contributed by atoms with E-state index in [0.29, 0.717) is 24.2 Å². The third kappa shape index (κ3) is 3.97. The van der Waals surface area contributed by atoms with Crippen LogP contribution in [0.5, 0.6) is 5.75 Å². The molecule has 7 nitrogen and oxygen atoms in total. The third-order valence-corrected chi connectivity index (χ3v) is 4.88. The zero-order chi connectivity index (χ0) is 18.0. The van der Waals surface area contributed by atoms with Crippen molar-refractivity contribution in [2.45, 2.75) is 24.7 Å². The maximum Gasteiger partial charge on any atom is 0.339 e. The lowest BCUT2D eigenvalue weighted by Crippen LogP contribution is -2.19. The van der Waals surface area contributed by atoms with Crippen LogP contribution in [0.1, 0.15) is 18.9 Å². The highest BCUT2D eigenvalue weighted by molar-refractivity contribution is 7.87. The van der Waals surface area contributed by atoms with Crippen LogP contribution in [0.4, 0.5) is 11.4 Å². The lowest BCUT2D eigenvalue weighted by molar-refractivity contribution is -0.116. The first-order valence-corrected chi connectivity index (χ1v) is 8.99. The van der Waals surface area contributed by atoms with Gasteiger partial charge in [-0.1, -0.05) is 0 Å². The second-order valence-electron chi connectivity index (χ2n) is 5.61. The van der Waals surface area contributed by atoms with Gasteiger partial charge in [0.1, 0.15) is 10.6 Å². The number of nitrogens with one attached hydrogen (secondary N) is 2. The monoisotopic (exact) mass is 360 g/mol. The number of carbonyl (C=O) groups is 2. The van der Waals surface area contributed by atoms with Gasteiger partial charge >= 0.3 is 10.1 Å². The molecule has 0 bridgehead atoms. The van der Waals surface area contributed by atoms with Gasteiger partial charge in [0.2, 0.25) is 11.8 Å². The molecule has 2 aromatic carbocycles. The summed E-state index contributed by atoms with van der Waals surface area (Å²) in [6.07, 6.45) is 0.803. The predicted octanol–water partition coefficient (Wildman–Crippen LogP) is 2.30. The fourth-order valence-corrected chi connectivity index (χ4v) is 3.47. The number of amides is 2. The normalized spacial score (nSPS) is 13.6. The SMILES string of the molecule is CC(=O)Nc1ccc(OS(=O)(=O)c2ccc3c(c2)CCC(=O)N3)cc1. The molecule has 25 heavy (non-hydrogen) atoms. The van der Waals surface area contributed by atoms with E-state index in [2.05, 4.69) is 10.6 Å². The molecule has 0 fully saturated rings. The molecule has 0 unspecified atom stereocenters. The second-order valence-corrected chi connectivity index (χ2v) is 7.16. The molecule has 1 aliphatic rings. The molecule has 2 aromatic rings. The summed E-state index contributed by atoms with van der Waals surface area (Å²) in [5, 5.41) is 5.29. The molecule has 0 aromatic heterocycles. The number of benzene rings is 2. The van der Waals surface area contributed by atoms with Crippen LogP contribution in [-0.4, -0.2) is 20.2 Å². The van der Waals surface area contributed by atoms with Crippen LogP contribution in [0.3, 0.4) is 0 Å². The molecule has 130 valence electrons. The molecule has 1 heterocycles. The molecule has 0 spiro atoms. The molecule has 3 rings (SSSR count). The molecule has 2 N–H and O–H groups in total. The van der Waals surface area contributed by atoms with Crippen LogP contribution in [0.2, 0.25) is 0 Å². The topological polar surface area (TPSA) is 102 Å². The molecular weight excluding hydrogens is 344 g/mol. The Morgan fingerprint density at radius 2 is 1.84 bits per heavy atom. The number of rotatable bonds is 4. The molecule has 0 radical (unpaired) electrons.